The number of piperazine rings is 1. The smallest absolute Gasteiger partial charge is 0.383 e. The van der Waals surface area contributed by atoms with Gasteiger partial charge < -0.3 is 19.9 Å². The van der Waals surface area contributed by atoms with Crippen molar-refractivity contribution < 1.29 is 32.3 Å². The molecule has 1 N–H and O–H groups in total. The van der Waals surface area contributed by atoms with Gasteiger partial charge >= 0.3 is 6.18 Å². The summed E-state index contributed by atoms with van der Waals surface area (Å²) in [7, 11) is 1.50. The molecule has 1 aliphatic heterocycles. The second-order valence-corrected chi connectivity index (χ2v) is 5.96. The number of benzene rings is 1. The molecular weight excluding hydrogens is 367 g/mol. The molecule has 1 aromatic rings. The Morgan fingerprint density at radius 3 is 2.63 bits per heavy atom. The van der Waals surface area contributed by atoms with Gasteiger partial charge in [0, 0.05) is 32.3 Å². The zero-order valence-electron chi connectivity index (χ0n) is 14.7. The molecule has 0 unspecified atom stereocenters. The van der Waals surface area contributed by atoms with Crippen molar-refractivity contribution in [2.45, 2.75) is 6.18 Å². The van der Waals surface area contributed by atoms with Crippen molar-refractivity contribution in [1.82, 2.24) is 15.1 Å². The van der Waals surface area contributed by atoms with E-state index in [1.807, 2.05) is 0 Å². The highest BCUT2D eigenvalue weighted by molar-refractivity contribution is 5.97. The van der Waals surface area contributed by atoms with Crippen LogP contribution in [0.3, 0.4) is 0 Å². The Bertz CT molecular complexity index is 709. The van der Waals surface area contributed by atoms with Crippen LogP contribution in [0.1, 0.15) is 15.9 Å². The van der Waals surface area contributed by atoms with Gasteiger partial charge in [0.05, 0.1) is 18.7 Å². The van der Waals surface area contributed by atoms with Gasteiger partial charge in [-0.25, -0.2) is 0 Å². The van der Waals surface area contributed by atoms with Gasteiger partial charge in [-0.15, -0.1) is 0 Å². The van der Waals surface area contributed by atoms with Crippen molar-refractivity contribution in [2.75, 3.05) is 46.4 Å². The molecule has 7 nitrogen and oxygen atoms in total. The first kappa shape index (κ1) is 20.7. The summed E-state index contributed by atoms with van der Waals surface area (Å²) in [6, 6.07) is 4.07. The number of nitrogens with one attached hydrogen (secondary N) is 1. The standard InChI is InChI=1S/C17H20F3N3O4/c1-27-8-5-21-14(24)10-22-6-7-23(11-15(22)25)16(26)12-3-2-4-13(9-12)17(18,19)20/h2-4,9H,5-8,10-11H2,1H3,(H,21,24). The molecule has 148 valence electrons. The van der Waals surface area contributed by atoms with Crippen LogP contribution in [0.5, 0.6) is 0 Å². The average molecular weight is 387 g/mol. The van der Waals surface area contributed by atoms with Crippen LogP contribution in [0.25, 0.3) is 0 Å². The SMILES string of the molecule is COCCNC(=O)CN1CCN(C(=O)c2cccc(C(F)(F)F)c2)CC1=O. The fourth-order valence-corrected chi connectivity index (χ4v) is 2.58. The van der Waals surface area contributed by atoms with Gasteiger partial charge in [-0.05, 0) is 18.2 Å². The monoisotopic (exact) mass is 387 g/mol. The number of methoxy groups -OCH3 is 1. The van der Waals surface area contributed by atoms with Crippen LogP contribution in [0.4, 0.5) is 13.2 Å². The molecule has 0 atom stereocenters. The predicted octanol–water partition coefficient (Wildman–Crippen LogP) is 0.752. The molecule has 0 aromatic heterocycles. The lowest BCUT2D eigenvalue weighted by Crippen LogP contribution is -2.54. The number of halogens is 3. The molecule has 10 heteroatoms. The predicted molar refractivity (Wildman–Crippen MR) is 88.8 cm³/mol. The number of carbonyl (C=O) groups excluding carboxylic acids is 3. The normalized spacial score (nSPS) is 15.0. The lowest BCUT2D eigenvalue weighted by Gasteiger charge is -2.34. The minimum atomic E-state index is -4.55. The lowest BCUT2D eigenvalue weighted by molar-refractivity contribution is -0.139. The lowest BCUT2D eigenvalue weighted by atomic mass is 10.1. The molecule has 2 rings (SSSR count). The van der Waals surface area contributed by atoms with Gasteiger partial charge in [0.15, 0.2) is 0 Å². The van der Waals surface area contributed by atoms with Crippen LogP contribution in [-0.2, 0) is 20.5 Å². The summed E-state index contributed by atoms with van der Waals surface area (Å²) >= 11 is 0. The molecule has 1 aliphatic rings. The van der Waals surface area contributed by atoms with Crippen LogP contribution in [0.15, 0.2) is 24.3 Å². The number of nitrogens with zero attached hydrogens (tertiary/aromatic N) is 2. The van der Waals surface area contributed by atoms with E-state index in [2.05, 4.69) is 5.32 Å². The Labute approximate surface area is 154 Å². The Kier molecular flexibility index (Phi) is 6.78. The number of rotatable bonds is 6. The minimum absolute atomic E-state index is 0.126. The average Bonchev–Trinajstić information content (AvgIpc) is 2.62. The summed E-state index contributed by atoms with van der Waals surface area (Å²) in [6.45, 7) is 0.485. The Morgan fingerprint density at radius 1 is 1.26 bits per heavy atom. The van der Waals surface area contributed by atoms with E-state index in [1.165, 1.54) is 23.0 Å². The van der Waals surface area contributed by atoms with Gasteiger partial charge in [0.1, 0.15) is 6.54 Å². The highest BCUT2D eigenvalue weighted by Gasteiger charge is 2.33. The van der Waals surface area contributed by atoms with Crippen molar-refractivity contribution in [1.29, 1.82) is 0 Å². The van der Waals surface area contributed by atoms with Crippen LogP contribution in [-0.4, -0.2) is 74.0 Å². The van der Waals surface area contributed by atoms with Crippen LogP contribution >= 0.6 is 0 Å². The molecule has 1 heterocycles. The fraction of sp³-hybridized carbons (Fsp3) is 0.471. The van der Waals surface area contributed by atoms with E-state index in [4.69, 9.17) is 4.74 Å². The van der Waals surface area contributed by atoms with E-state index in [0.29, 0.717) is 13.2 Å². The summed E-state index contributed by atoms with van der Waals surface area (Å²) < 4.78 is 43.2. The van der Waals surface area contributed by atoms with Gasteiger partial charge in [-0.3, -0.25) is 14.4 Å². The van der Waals surface area contributed by atoms with Crippen molar-refractivity contribution in [3.8, 4) is 0 Å². The van der Waals surface area contributed by atoms with E-state index < -0.39 is 23.6 Å². The van der Waals surface area contributed by atoms with Gasteiger partial charge in [-0.2, -0.15) is 13.2 Å². The molecule has 3 amide bonds. The number of hydrogen-bond donors (Lipinski definition) is 1. The van der Waals surface area contributed by atoms with E-state index in [-0.39, 0.29) is 37.6 Å². The number of ether oxygens (including phenoxy) is 1. The Balaban J connectivity index is 1.95. The Morgan fingerprint density at radius 2 is 2.00 bits per heavy atom. The second kappa shape index (κ2) is 8.85. The molecule has 1 saturated heterocycles. The van der Waals surface area contributed by atoms with Crippen LogP contribution in [0.2, 0.25) is 0 Å². The first-order valence-electron chi connectivity index (χ1n) is 8.22. The third kappa shape index (κ3) is 5.68. The van der Waals surface area contributed by atoms with E-state index in [9.17, 15) is 27.6 Å². The van der Waals surface area contributed by atoms with E-state index in [0.717, 1.165) is 18.2 Å². The summed E-state index contributed by atoms with van der Waals surface area (Å²) in [4.78, 5) is 38.8. The molecule has 0 radical (unpaired) electrons. The maximum Gasteiger partial charge on any atom is 0.416 e. The molecule has 1 aromatic carbocycles. The van der Waals surface area contributed by atoms with Crippen molar-refractivity contribution in [2.24, 2.45) is 0 Å². The van der Waals surface area contributed by atoms with Gasteiger partial charge in [0.2, 0.25) is 11.8 Å². The molecule has 0 saturated carbocycles. The summed E-state index contributed by atoms with van der Waals surface area (Å²) in [5, 5.41) is 2.59. The van der Waals surface area contributed by atoms with Crippen molar-refractivity contribution in [3.63, 3.8) is 0 Å². The van der Waals surface area contributed by atoms with Crippen LogP contribution < -0.4 is 5.32 Å². The number of carbonyl (C=O) groups is 3. The molecule has 27 heavy (non-hydrogen) atoms. The second-order valence-electron chi connectivity index (χ2n) is 5.96. The molecular formula is C17H20F3N3O4. The fourth-order valence-electron chi connectivity index (χ4n) is 2.58. The summed E-state index contributed by atoms with van der Waals surface area (Å²) in [6.07, 6.45) is -4.55. The molecule has 0 aliphatic carbocycles. The third-order valence-corrected chi connectivity index (χ3v) is 4.01. The number of hydrogen-bond acceptors (Lipinski definition) is 4. The first-order valence-corrected chi connectivity index (χ1v) is 8.22. The molecule has 1 fully saturated rings. The van der Waals surface area contributed by atoms with Crippen molar-refractivity contribution >= 4 is 17.7 Å². The molecule has 0 bridgehead atoms. The summed E-state index contributed by atoms with van der Waals surface area (Å²) in [5.41, 5.74) is -1.06. The topological polar surface area (TPSA) is 79.0 Å². The van der Waals surface area contributed by atoms with Gasteiger partial charge in [-0.1, -0.05) is 6.07 Å². The van der Waals surface area contributed by atoms with Gasteiger partial charge in [0.25, 0.3) is 5.91 Å². The highest BCUT2D eigenvalue weighted by atomic mass is 19.4. The maximum absolute atomic E-state index is 12.8. The van der Waals surface area contributed by atoms with Crippen molar-refractivity contribution in [3.05, 3.63) is 35.4 Å². The zero-order chi connectivity index (χ0) is 20.0. The largest absolute Gasteiger partial charge is 0.416 e. The van der Waals surface area contributed by atoms with Crippen LogP contribution in [0, 0.1) is 0 Å². The quantitative estimate of drug-likeness (QED) is 0.731. The van der Waals surface area contributed by atoms with E-state index in [1.54, 1.807) is 0 Å². The zero-order valence-corrected chi connectivity index (χ0v) is 14.7. The van der Waals surface area contributed by atoms with E-state index >= 15 is 0 Å². The number of alkyl halides is 3. The molecule has 0 spiro atoms. The highest BCUT2D eigenvalue weighted by Crippen LogP contribution is 2.29. The number of amides is 3. The minimum Gasteiger partial charge on any atom is -0.383 e. The first-order chi connectivity index (χ1) is 12.7. The maximum atomic E-state index is 12.8. The third-order valence-electron chi connectivity index (χ3n) is 4.01. The summed E-state index contributed by atoms with van der Waals surface area (Å²) in [5.74, 6) is -1.44. The Hall–Kier alpha value is -2.62.